The van der Waals surface area contributed by atoms with Crippen LogP contribution in [0.15, 0.2) is 4.52 Å². The summed E-state index contributed by atoms with van der Waals surface area (Å²) in [5.41, 5.74) is -0.508. The minimum atomic E-state index is -0.508. The lowest BCUT2D eigenvalue weighted by Crippen LogP contribution is -2.30. The van der Waals surface area contributed by atoms with Crippen LogP contribution in [0.5, 0.6) is 0 Å². The minimum absolute atomic E-state index is 0.0488. The summed E-state index contributed by atoms with van der Waals surface area (Å²) in [5.74, 6) is 0.687. The highest BCUT2D eigenvalue weighted by atomic mass is 16.5. The molecule has 5 nitrogen and oxygen atoms in total. The summed E-state index contributed by atoms with van der Waals surface area (Å²) in [7, 11) is 0. The summed E-state index contributed by atoms with van der Waals surface area (Å²) in [6, 6.07) is 0. The van der Waals surface area contributed by atoms with E-state index in [1.54, 1.807) is 6.92 Å². The Morgan fingerprint density at radius 2 is 1.95 bits per heavy atom. The number of carbonyl (C=O) groups excluding carboxylic acids is 1. The molecule has 0 aromatic carbocycles. The average molecular weight is 268 g/mol. The van der Waals surface area contributed by atoms with Gasteiger partial charge in [0.2, 0.25) is 11.7 Å². The van der Waals surface area contributed by atoms with Crippen LogP contribution in [0.2, 0.25) is 0 Å². The normalized spacial score (nSPS) is 13.5. The van der Waals surface area contributed by atoms with E-state index in [1.807, 2.05) is 27.7 Å². The Hall–Kier alpha value is -1.23. The molecule has 0 aliphatic carbocycles. The molecule has 1 aromatic rings. The van der Waals surface area contributed by atoms with Gasteiger partial charge in [0, 0.05) is 6.61 Å². The highest BCUT2D eigenvalue weighted by Gasteiger charge is 2.35. The third-order valence-electron chi connectivity index (χ3n) is 3.61. The van der Waals surface area contributed by atoms with Crippen molar-refractivity contribution in [3.8, 4) is 0 Å². The lowest BCUT2D eigenvalue weighted by molar-refractivity contribution is -0.119. The van der Waals surface area contributed by atoms with Gasteiger partial charge in [-0.2, -0.15) is 4.98 Å². The molecule has 0 saturated carbocycles. The van der Waals surface area contributed by atoms with Crippen molar-refractivity contribution in [2.45, 2.75) is 65.4 Å². The second-order valence-electron chi connectivity index (χ2n) is 4.66. The van der Waals surface area contributed by atoms with Crippen LogP contribution in [0, 0.1) is 0 Å². The van der Waals surface area contributed by atoms with Crippen LogP contribution in [0.1, 0.15) is 71.5 Å². The maximum Gasteiger partial charge on any atom is 0.237 e. The highest BCUT2D eigenvalue weighted by molar-refractivity contribution is 5.82. The summed E-state index contributed by atoms with van der Waals surface area (Å²) in [6.07, 6.45) is 2.21. The number of hydrogen-bond acceptors (Lipinski definition) is 5. The van der Waals surface area contributed by atoms with E-state index in [2.05, 4.69) is 10.1 Å². The lowest BCUT2D eigenvalue weighted by atomic mass is 9.96. The Kier molecular flexibility index (Phi) is 5.66. The van der Waals surface area contributed by atoms with Crippen molar-refractivity contribution < 1.29 is 14.1 Å². The number of ether oxygens (including phenoxy) is 1. The molecule has 0 N–H and O–H groups in total. The first kappa shape index (κ1) is 15.8. The van der Waals surface area contributed by atoms with Gasteiger partial charge in [0.25, 0.3) is 0 Å². The fraction of sp³-hybridized carbons (Fsp3) is 0.786. The Bertz CT molecular complexity index is 411. The third kappa shape index (κ3) is 3.21. The summed E-state index contributed by atoms with van der Waals surface area (Å²) in [4.78, 5) is 16.0. The maximum absolute atomic E-state index is 11.5. The first-order valence-electron chi connectivity index (χ1n) is 7.03. The van der Waals surface area contributed by atoms with Gasteiger partial charge in [-0.15, -0.1) is 0 Å². The van der Waals surface area contributed by atoms with E-state index in [0.29, 0.717) is 24.7 Å². The molecule has 108 valence electrons. The van der Waals surface area contributed by atoms with Crippen molar-refractivity contribution in [1.29, 1.82) is 0 Å². The molecule has 1 heterocycles. The average Bonchev–Trinajstić information content (AvgIpc) is 2.86. The number of rotatable bonds is 8. The summed E-state index contributed by atoms with van der Waals surface area (Å²) < 4.78 is 11.1. The number of Topliss-reactive ketones (excluding diaryl/α,β-unsaturated/α-hetero) is 1. The molecule has 1 rings (SSSR count). The van der Waals surface area contributed by atoms with Gasteiger partial charge in [0.1, 0.15) is 11.4 Å². The molecule has 19 heavy (non-hydrogen) atoms. The van der Waals surface area contributed by atoms with Crippen LogP contribution in [-0.4, -0.2) is 22.5 Å². The van der Waals surface area contributed by atoms with Gasteiger partial charge in [-0.25, -0.2) is 0 Å². The molecular formula is C14H24N2O3. The number of ketones is 1. The highest BCUT2D eigenvalue weighted by Crippen LogP contribution is 2.32. The van der Waals surface area contributed by atoms with E-state index < -0.39 is 5.60 Å². The predicted octanol–water partition coefficient (Wildman–Crippen LogP) is 3.20. The van der Waals surface area contributed by atoms with Crippen LogP contribution in [0.4, 0.5) is 0 Å². The van der Waals surface area contributed by atoms with Crippen molar-refractivity contribution in [3.63, 3.8) is 0 Å². The molecule has 5 heteroatoms. The fourth-order valence-corrected chi connectivity index (χ4v) is 2.31. The van der Waals surface area contributed by atoms with Crippen molar-refractivity contribution in [2.75, 3.05) is 6.61 Å². The topological polar surface area (TPSA) is 65.2 Å². The monoisotopic (exact) mass is 268 g/mol. The molecule has 0 aliphatic heterocycles. The summed E-state index contributed by atoms with van der Waals surface area (Å²) in [6.45, 7) is 10.1. The number of carbonyl (C=O) groups is 1. The third-order valence-corrected chi connectivity index (χ3v) is 3.61. The molecule has 0 spiro atoms. The maximum atomic E-state index is 11.5. The fourth-order valence-electron chi connectivity index (χ4n) is 2.31. The van der Waals surface area contributed by atoms with Crippen LogP contribution in [0.3, 0.4) is 0 Å². The molecule has 0 amide bonds. The molecule has 0 bridgehead atoms. The smallest absolute Gasteiger partial charge is 0.237 e. The van der Waals surface area contributed by atoms with Gasteiger partial charge >= 0.3 is 0 Å². The molecular weight excluding hydrogens is 244 g/mol. The molecule has 0 fully saturated rings. The summed E-state index contributed by atoms with van der Waals surface area (Å²) >= 11 is 0. The Balaban J connectivity index is 3.08. The first-order chi connectivity index (χ1) is 9.04. The van der Waals surface area contributed by atoms with Crippen molar-refractivity contribution in [2.24, 2.45) is 0 Å². The molecule has 1 atom stereocenters. The van der Waals surface area contributed by atoms with Crippen LogP contribution < -0.4 is 0 Å². The molecule has 1 aromatic heterocycles. The minimum Gasteiger partial charge on any atom is -0.367 e. The largest absolute Gasteiger partial charge is 0.367 e. The van der Waals surface area contributed by atoms with Gasteiger partial charge in [-0.3, -0.25) is 4.79 Å². The molecule has 0 saturated heterocycles. The van der Waals surface area contributed by atoms with Crippen LogP contribution in [-0.2, 0) is 15.1 Å². The number of nitrogens with zero attached hydrogens (tertiary/aromatic N) is 2. The van der Waals surface area contributed by atoms with Gasteiger partial charge in [0.15, 0.2) is 0 Å². The van der Waals surface area contributed by atoms with E-state index in [0.717, 1.165) is 12.8 Å². The first-order valence-corrected chi connectivity index (χ1v) is 7.03. The standard InChI is InChI=1S/C14H24N2O3/c1-6-11(10(5)17)12-15-13(16-19-12)14(7-2,8-3)18-9-4/h11H,6-9H2,1-5H3. The zero-order chi connectivity index (χ0) is 14.5. The second kappa shape index (κ2) is 6.80. The van der Waals surface area contributed by atoms with Crippen molar-refractivity contribution >= 4 is 5.78 Å². The van der Waals surface area contributed by atoms with Crippen molar-refractivity contribution in [1.82, 2.24) is 10.1 Å². The van der Waals surface area contributed by atoms with Gasteiger partial charge < -0.3 is 9.26 Å². The number of hydrogen-bond donors (Lipinski definition) is 0. The zero-order valence-electron chi connectivity index (χ0n) is 12.5. The van der Waals surface area contributed by atoms with Crippen LogP contribution in [0.25, 0.3) is 0 Å². The Labute approximate surface area is 114 Å². The Morgan fingerprint density at radius 3 is 2.37 bits per heavy atom. The molecule has 0 radical (unpaired) electrons. The SMILES string of the molecule is CCOC(CC)(CC)c1noc(C(CC)C(C)=O)n1. The summed E-state index contributed by atoms with van der Waals surface area (Å²) in [5, 5.41) is 4.04. The van der Waals surface area contributed by atoms with Crippen LogP contribution >= 0.6 is 0 Å². The second-order valence-corrected chi connectivity index (χ2v) is 4.66. The van der Waals surface area contributed by atoms with E-state index in [9.17, 15) is 4.79 Å². The van der Waals surface area contributed by atoms with Gasteiger partial charge in [0.05, 0.1) is 5.92 Å². The zero-order valence-corrected chi connectivity index (χ0v) is 12.5. The molecule has 0 aliphatic rings. The van der Waals surface area contributed by atoms with Gasteiger partial charge in [-0.1, -0.05) is 25.9 Å². The lowest BCUT2D eigenvalue weighted by Gasteiger charge is -2.27. The van der Waals surface area contributed by atoms with E-state index >= 15 is 0 Å². The Morgan fingerprint density at radius 1 is 1.32 bits per heavy atom. The van der Waals surface area contributed by atoms with E-state index in [-0.39, 0.29) is 11.7 Å². The van der Waals surface area contributed by atoms with Crippen molar-refractivity contribution in [3.05, 3.63) is 11.7 Å². The van der Waals surface area contributed by atoms with E-state index in [1.165, 1.54) is 0 Å². The predicted molar refractivity (Wildman–Crippen MR) is 71.9 cm³/mol. The quantitative estimate of drug-likeness (QED) is 0.724. The van der Waals surface area contributed by atoms with E-state index in [4.69, 9.17) is 9.26 Å². The van der Waals surface area contributed by atoms with Gasteiger partial charge in [-0.05, 0) is 33.1 Å². The number of aromatic nitrogens is 2. The molecule has 1 unspecified atom stereocenters.